The van der Waals surface area contributed by atoms with Crippen LogP contribution in [0.15, 0.2) is 41.9 Å². The van der Waals surface area contributed by atoms with E-state index in [0.29, 0.717) is 6.54 Å². The maximum Gasteiger partial charge on any atom is 0.191 e. The van der Waals surface area contributed by atoms with Crippen molar-refractivity contribution in [1.82, 2.24) is 20.2 Å². The molecule has 0 bridgehead atoms. The molecule has 0 amide bonds. The predicted molar refractivity (Wildman–Crippen MR) is 122 cm³/mol. The van der Waals surface area contributed by atoms with Gasteiger partial charge < -0.3 is 19.9 Å². The van der Waals surface area contributed by atoms with Crippen LogP contribution in [0.5, 0.6) is 5.75 Å². The molecule has 6 nitrogen and oxygen atoms in total. The van der Waals surface area contributed by atoms with Gasteiger partial charge in [0.1, 0.15) is 5.75 Å². The Hall–Kier alpha value is -1.77. The van der Waals surface area contributed by atoms with Crippen molar-refractivity contribution in [3.05, 3.63) is 48.0 Å². The monoisotopic (exact) mass is 485 g/mol. The molecule has 2 N–H and O–H groups in total. The zero-order valence-electron chi connectivity index (χ0n) is 16.6. The van der Waals surface area contributed by atoms with Crippen LogP contribution in [0.1, 0.15) is 37.8 Å². The first kappa shape index (κ1) is 23.3. The van der Waals surface area contributed by atoms with Crippen LogP contribution in [-0.4, -0.2) is 35.2 Å². The second kappa shape index (κ2) is 13.4. The van der Waals surface area contributed by atoms with Gasteiger partial charge in [0.05, 0.1) is 19.5 Å². The molecule has 0 radical (unpaired) electrons. The fourth-order valence-corrected chi connectivity index (χ4v) is 2.53. The molecule has 2 aromatic rings. The second-order valence-corrected chi connectivity index (χ2v) is 6.24. The van der Waals surface area contributed by atoms with E-state index in [2.05, 4.69) is 59.2 Å². The minimum atomic E-state index is 0. The summed E-state index contributed by atoms with van der Waals surface area (Å²) in [5.74, 6) is 1.77. The molecule has 1 heterocycles. The van der Waals surface area contributed by atoms with Crippen molar-refractivity contribution >= 4 is 29.9 Å². The number of aryl methyl sites for hydroxylation is 2. The van der Waals surface area contributed by atoms with Gasteiger partial charge in [-0.15, -0.1) is 24.0 Å². The first-order chi connectivity index (χ1) is 12.7. The lowest BCUT2D eigenvalue weighted by Gasteiger charge is -2.13. The maximum atomic E-state index is 5.88. The number of halogens is 1. The minimum absolute atomic E-state index is 0. The molecule has 0 aliphatic rings. The summed E-state index contributed by atoms with van der Waals surface area (Å²) < 4.78 is 7.96. The van der Waals surface area contributed by atoms with Crippen LogP contribution in [0.4, 0.5) is 0 Å². The zero-order chi connectivity index (χ0) is 18.6. The Balaban J connectivity index is 0.00000364. The van der Waals surface area contributed by atoms with Crippen molar-refractivity contribution in [2.24, 2.45) is 4.99 Å². The van der Waals surface area contributed by atoms with Crippen LogP contribution >= 0.6 is 24.0 Å². The Kier molecular flexibility index (Phi) is 11.6. The van der Waals surface area contributed by atoms with Gasteiger partial charge in [0.15, 0.2) is 5.96 Å². The van der Waals surface area contributed by atoms with Gasteiger partial charge in [-0.2, -0.15) is 0 Å². The Morgan fingerprint density at radius 2 is 2.11 bits per heavy atom. The predicted octanol–water partition coefficient (Wildman–Crippen LogP) is 3.74. The van der Waals surface area contributed by atoms with Crippen LogP contribution in [-0.2, 0) is 13.1 Å². The molecule has 150 valence electrons. The van der Waals surface area contributed by atoms with Crippen molar-refractivity contribution in [2.45, 2.75) is 46.7 Å². The first-order valence-electron chi connectivity index (χ1n) is 9.43. The van der Waals surface area contributed by atoms with Gasteiger partial charge in [-0.05, 0) is 38.3 Å². The van der Waals surface area contributed by atoms with E-state index < -0.39 is 0 Å². The van der Waals surface area contributed by atoms with Gasteiger partial charge >= 0.3 is 0 Å². The highest BCUT2D eigenvalue weighted by molar-refractivity contribution is 14.0. The molecule has 0 atom stereocenters. The lowest BCUT2D eigenvalue weighted by Crippen LogP contribution is -2.38. The fraction of sp³-hybridized carbons (Fsp3) is 0.500. The van der Waals surface area contributed by atoms with Crippen LogP contribution in [0.25, 0.3) is 0 Å². The summed E-state index contributed by atoms with van der Waals surface area (Å²) in [6, 6.07) is 6.30. The van der Waals surface area contributed by atoms with Crippen molar-refractivity contribution in [3.8, 4) is 5.75 Å². The summed E-state index contributed by atoms with van der Waals surface area (Å²) in [5, 5.41) is 6.69. The second-order valence-electron chi connectivity index (χ2n) is 6.24. The molecular formula is C20H32IN5O. The van der Waals surface area contributed by atoms with Crippen LogP contribution in [0.2, 0.25) is 0 Å². The number of benzene rings is 1. The largest absolute Gasteiger partial charge is 0.493 e. The van der Waals surface area contributed by atoms with Gasteiger partial charge in [0.25, 0.3) is 0 Å². The summed E-state index contributed by atoms with van der Waals surface area (Å²) in [4.78, 5) is 8.77. The molecule has 0 saturated heterocycles. The SMILES string of the molecule is CCCOc1cc(C)ccc1CN=C(NCC)NCCCn1ccnc1.I. The number of aliphatic imine (C=N–C) groups is 1. The molecule has 0 aliphatic heterocycles. The molecule has 27 heavy (non-hydrogen) atoms. The van der Waals surface area contributed by atoms with Gasteiger partial charge in [0.2, 0.25) is 0 Å². The third-order valence-corrected chi connectivity index (χ3v) is 3.88. The Morgan fingerprint density at radius 3 is 2.81 bits per heavy atom. The summed E-state index contributed by atoms with van der Waals surface area (Å²) >= 11 is 0. The number of nitrogens with zero attached hydrogens (tertiary/aromatic N) is 3. The van der Waals surface area contributed by atoms with Crippen molar-refractivity contribution in [3.63, 3.8) is 0 Å². The number of imidazole rings is 1. The Labute approximate surface area is 179 Å². The number of hydrogen-bond acceptors (Lipinski definition) is 3. The van der Waals surface area contributed by atoms with E-state index >= 15 is 0 Å². The zero-order valence-corrected chi connectivity index (χ0v) is 18.9. The smallest absolute Gasteiger partial charge is 0.191 e. The molecule has 0 spiro atoms. The lowest BCUT2D eigenvalue weighted by atomic mass is 10.1. The average molecular weight is 485 g/mol. The molecule has 7 heteroatoms. The average Bonchev–Trinajstić information content (AvgIpc) is 3.15. The molecule has 0 saturated carbocycles. The molecule has 0 aliphatic carbocycles. The van der Waals surface area contributed by atoms with Gasteiger partial charge in [-0.1, -0.05) is 19.1 Å². The van der Waals surface area contributed by atoms with Crippen LogP contribution in [0.3, 0.4) is 0 Å². The van der Waals surface area contributed by atoms with E-state index in [1.165, 1.54) is 5.56 Å². The maximum absolute atomic E-state index is 5.88. The fourth-order valence-electron chi connectivity index (χ4n) is 2.53. The number of hydrogen-bond donors (Lipinski definition) is 2. The van der Waals surface area contributed by atoms with E-state index in [1.54, 1.807) is 6.20 Å². The van der Waals surface area contributed by atoms with Crippen LogP contribution < -0.4 is 15.4 Å². The number of guanidine groups is 1. The summed E-state index contributed by atoms with van der Waals surface area (Å²) in [6.45, 7) is 10.2. The van der Waals surface area contributed by atoms with E-state index in [9.17, 15) is 0 Å². The number of nitrogens with one attached hydrogen (secondary N) is 2. The molecule has 0 unspecified atom stereocenters. The van der Waals surface area contributed by atoms with E-state index in [-0.39, 0.29) is 24.0 Å². The van der Waals surface area contributed by atoms with Gasteiger partial charge in [-0.3, -0.25) is 0 Å². The van der Waals surface area contributed by atoms with Gasteiger partial charge in [0, 0.05) is 37.6 Å². The quantitative estimate of drug-likeness (QED) is 0.233. The molecular weight excluding hydrogens is 453 g/mol. The first-order valence-corrected chi connectivity index (χ1v) is 9.43. The third kappa shape index (κ3) is 8.64. The highest BCUT2D eigenvalue weighted by Gasteiger charge is 2.05. The van der Waals surface area contributed by atoms with Crippen molar-refractivity contribution in [1.29, 1.82) is 0 Å². The van der Waals surface area contributed by atoms with E-state index in [0.717, 1.165) is 56.4 Å². The van der Waals surface area contributed by atoms with Gasteiger partial charge in [-0.25, -0.2) is 9.98 Å². The topological polar surface area (TPSA) is 63.5 Å². The third-order valence-electron chi connectivity index (χ3n) is 3.88. The van der Waals surface area contributed by atoms with E-state index in [1.807, 2.05) is 12.5 Å². The lowest BCUT2D eigenvalue weighted by molar-refractivity contribution is 0.314. The number of rotatable bonds is 10. The van der Waals surface area contributed by atoms with E-state index in [4.69, 9.17) is 9.73 Å². The summed E-state index contributed by atoms with van der Waals surface area (Å²) in [7, 11) is 0. The Bertz CT molecular complexity index is 673. The molecule has 1 aromatic heterocycles. The summed E-state index contributed by atoms with van der Waals surface area (Å²) in [5.41, 5.74) is 2.31. The summed E-state index contributed by atoms with van der Waals surface area (Å²) in [6.07, 6.45) is 7.63. The number of ether oxygens (including phenoxy) is 1. The standard InChI is InChI=1S/C20H31N5O.HI/c1-4-13-26-19-14-17(3)7-8-18(19)15-24-20(22-5-2)23-9-6-11-25-12-10-21-16-25;/h7-8,10,12,14,16H,4-6,9,11,13,15H2,1-3H3,(H2,22,23,24);1H. The Morgan fingerprint density at radius 1 is 1.26 bits per heavy atom. The minimum Gasteiger partial charge on any atom is -0.493 e. The molecule has 0 fully saturated rings. The highest BCUT2D eigenvalue weighted by Crippen LogP contribution is 2.21. The number of aromatic nitrogens is 2. The normalized spacial score (nSPS) is 11.0. The molecule has 2 rings (SSSR count). The van der Waals surface area contributed by atoms with Crippen LogP contribution in [0, 0.1) is 6.92 Å². The molecule has 1 aromatic carbocycles. The van der Waals surface area contributed by atoms with Crippen molar-refractivity contribution < 1.29 is 4.74 Å². The highest BCUT2D eigenvalue weighted by atomic mass is 127. The van der Waals surface area contributed by atoms with Crippen molar-refractivity contribution in [2.75, 3.05) is 19.7 Å².